The number of carbonyl (C=O) groups excluding carboxylic acids is 2. The highest BCUT2D eigenvalue weighted by molar-refractivity contribution is 5.93. The molecule has 3 rings (SSSR count). The maximum atomic E-state index is 13.8. The Hall–Kier alpha value is -4.01. The minimum absolute atomic E-state index is 0.0955. The first kappa shape index (κ1) is 21.7. The van der Waals surface area contributed by atoms with Gasteiger partial charge in [-0.1, -0.05) is 6.07 Å². The molecule has 2 N–H and O–H groups in total. The number of rotatable bonds is 7. The van der Waals surface area contributed by atoms with Gasteiger partial charge >= 0.3 is 5.97 Å². The van der Waals surface area contributed by atoms with Crippen molar-refractivity contribution in [2.75, 3.05) is 0 Å². The number of amides is 1. The molecule has 31 heavy (non-hydrogen) atoms. The second-order valence-electron chi connectivity index (χ2n) is 6.58. The molecule has 2 aromatic carbocycles. The second kappa shape index (κ2) is 9.21. The lowest BCUT2D eigenvalue weighted by Crippen LogP contribution is -2.23. The Morgan fingerprint density at radius 2 is 1.81 bits per heavy atom. The average Bonchev–Trinajstić information content (AvgIpc) is 2.71. The molecule has 0 spiro atoms. The van der Waals surface area contributed by atoms with E-state index in [0.717, 1.165) is 18.2 Å². The summed E-state index contributed by atoms with van der Waals surface area (Å²) in [6, 6.07) is 11.7. The molecular formula is C22H18F2N2O5. The van der Waals surface area contributed by atoms with Crippen molar-refractivity contribution in [2.24, 2.45) is 5.73 Å². The number of primary amides is 1. The summed E-state index contributed by atoms with van der Waals surface area (Å²) < 4.78 is 38.6. The quantitative estimate of drug-likeness (QED) is 0.584. The number of halogens is 2. The van der Waals surface area contributed by atoms with E-state index in [-0.39, 0.29) is 35.8 Å². The molecule has 0 unspecified atom stereocenters. The van der Waals surface area contributed by atoms with Crippen molar-refractivity contribution in [3.63, 3.8) is 0 Å². The highest BCUT2D eigenvalue weighted by Gasteiger charge is 2.14. The Kier molecular flexibility index (Phi) is 6.44. The number of aromatic nitrogens is 1. The van der Waals surface area contributed by atoms with Crippen LogP contribution < -0.4 is 16.0 Å². The van der Waals surface area contributed by atoms with Crippen molar-refractivity contribution in [1.82, 2.24) is 4.57 Å². The largest absolute Gasteiger partial charge is 0.489 e. The van der Waals surface area contributed by atoms with E-state index in [4.69, 9.17) is 15.2 Å². The Balaban J connectivity index is 1.98. The molecule has 3 aromatic rings. The molecule has 1 heterocycles. The molecule has 0 atom stereocenters. The molecule has 0 fully saturated rings. The Labute approximate surface area is 175 Å². The van der Waals surface area contributed by atoms with Crippen LogP contribution in [-0.2, 0) is 22.7 Å². The summed E-state index contributed by atoms with van der Waals surface area (Å²) in [5.41, 5.74) is 5.64. The summed E-state index contributed by atoms with van der Waals surface area (Å²) in [4.78, 5) is 35.6. The molecule has 160 valence electrons. The Morgan fingerprint density at radius 1 is 1.03 bits per heavy atom. The smallest absolute Gasteiger partial charge is 0.303 e. The van der Waals surface area contributed by atoms with Gasteiger partial charge in [-0.3, -0.25) is 19.0 Å². The van der Waals surface area contributed by atoms with E-state index in [1.165, 1.54) is 35.8 Å². The summed E-state index contributed by atoms with van der Waals surface area (Å²) in [5, 5.41) is 0. The first-order valence-electron chi connectivity index (χ1n) is 9.11. The lowest BCUT2D eigenvalue weighted by atomic mass is 10.1. The van der Waals surface area contributed by atoms with E-state index in [0.29, 0.717) is 5.69 Å². The van der Waals surface area contributed by atoms with Crippen molar-refractivity contribution < 1.29 is 27.8 Å². The summed E-state index contributed by atoms with van der Waals surface area (Å²) >= 11 is 0. The van der Waals surface area contributed by atoms with Crippen LogP contribution in [0.25, 0.3) is 5.69 Å². The zero-order chi connectivity index (χ0) is 22.5. The first-order chi connectivity index (χ1) is 14.7. The van der Waals surface area contributed by atoms with Crippen LogP contribution in [0, 0.1) is 11.6 Å². The number of nitrogens with zero attached hydrogens (tertiary/aromatic N) is 1. The number of esters is 1. The summed E-state index contributed by atoms with van der Waals surface area (Å²) in [6.45, 7) is 0.709. The molecule has 0 saturated carbocycles. The predicted molar refractivity (Wildman–Crippen MR) is 107 cm³/mol. The van der Waals surface area contributed by atoms with E-state index in [2.05, 4.69) is 0 Å². The summed E-state index contributed by atoms with van der Waals surface area (Å²) in [6.07, 6.45) is 0. The fourth-order valence-corrected chi connectivity index (χ4v) is 2.85. The van der Waals surface area contributed by atoms with Gasteiger partial charge in [0.25, 0.3) is 5.56 Å². The maximum absolute atomic E-state index is 13.8. The van der Waals surface area contributed by atoms with Gasteiger partial charge in [0.1, 0.15) is 30.6 Å². The number of ether oxygens (including phenoxy) is 2. The zero-order valence-corrected chi connectivity index (χ0v) is 16.4. The molecule has 0 saturated heterocycles. The molecule has 1 aromatic heterocycles. The van der Waals surface area contributed by atoms with Gasteiger partial charge in [0.2, 0.25) is 5.91 Å². The van der Waals surface area contributed by atoms with E-state index < -0.39 is 29.1 Å². The Bertz CT molecular complexity index is 1210. The standard InChI is InChI=1S/C22H18F2N2O5/c1-13(27)30-12-18-9-19(31-11-15-5-6-16(23)8-20(15)24)10-21(28)26(18)17-4-2-3-14(7-17)22(25)29/h2-10H,11-12H2,1H3,(H2,25,29). The Morgan fingerprint density at radius 3 is 2.48 bits per heavy atom. The number of hydrogen-bond donors (Lipinski definition) is 1. The van der Waals surface area contributed by atoms with Gasteiger partial charge in [0.15, 0.2) is 0 Å². The van der Waals surface area contributed by atoms with Crippen molar-refractivity contribution in [3.8, 4) is 11.4 Å². The summed E-state index contributed by atoms with van der Waals surface area (Å²) in [5.74, 6) is -2.64. The van der Waals surface area contributed by atoms with Crippen LogP contribution >= 0.6 is 0 Å². The van der Waals surface area contributed by atoms with Crippen LogP contribution in [0.4, 0.5) is 8.78 Å². The second-order valence-corrected chi connectivity index (χ2v) is 6.58. The van der Waals surface area contributed by atoms with Gasteiger partial charge in [-0.2, -0.15) is 0 Å². The lowest BCUT2D eigenvalue weighted by molar-refractivity contribution is -0.142. The average molecular weight is 428 g/mol. The monoisotopic (exact) mass is 428 g/mol. The highest BCUT2D eigenvalue weighted by atomic mass is 19.1. The van der Waals surface area contributed by atoms with Crippen molar-refractivity contribution in [1.29, 1.82) is 0 Å². The topological polar surface area (TPSA) is 101 Å². The zero-order valence-electron chi connectivity index (χ0n) is 16.4. The minimum Gasteiger partial charge on any atom is -0.489 e. The van der Waals surface area contributed by atoms with Crippen LogP contribution in [0.5, 0.6) is 5.75 Å². The van der Waals surface area contributed by atoms with Crippen molar-refractivity contribution >= 4 is 11.9 Å². The van der Waals surface area contributed by atoms with Crippen LogP contribution in [0.1, 0.15) is 28.5 Å². The van der Waals surface area contributed by atoms with Gasteiger partial charge in [-0.15, -0.1) is 0 Å². The summed E-state index contributed by atoms with van der Waals surface area (Å²) in [7, 11) is 0. The van der Waals surface area contributed by atoms with Crippen LogP contribution in [-0.4, -0.2) is 16.4 Å². The van der Waals surface area contributed by atoms with Gasteiger partial charge in [-0.25, -0.2) is 8.78 Å². The van der Waals surface area contributed by atoms with Crippen molar-refractivity contribution in [3.05, 3.63) is 93.4 Å². The number of nitrogens with two attached hydrogens (primary N) is 1. The fourth-order valence-electron chi connectivity index (χ4n) is 2.85. The molecular weight excluding hydrogens is 410 g/mol. The third-order valence-electron chi connectivity index (χ3n) is 4.30. The van der Waals surface area contributed by atoms with Gasteiger partial charge in [0.05, 0.1) is 5.69 Å². The SMILES string of the molecule is CC(=O)OCc1cc(OCc2ccc(F)cc2F)cc(=O)n1-c1cccc(C(N)=O)c1. The van der Waals surface area contributed by atoms with Crippen molar-refractivity contribution in [2.45, 2.75) is 20.1 Å². The van der Waals surface area contributed by atoms with E-state index in [9.17, 15) is 23.2 Å². The molecule has 0 aliphatic heterocycles. The third-order valence-corrected chi connectivity index (χ3v) is 4.30. The maximum Gasteiger partial charge on any atom is 0.303 e. The molecule has 7 nitrogen and oxygen atoms in total. The normalized spacial score (nSPS) is 10.5. The molecule has 0 aliphatic carbocycles. The van der Waals surface area contributed by atoms with Gasteiger partial charge < -0.3 is 15.2 Å². The minimum atomic E-state index is -0.781. The number of hydrogen-bond acceptors (Lipinski definition) is 5. The van der Waals surface area contributed by atoms with E-state index in [1.54, 1.807) is 12.1 Å². The molecule has 0 bridgehead atoms. The molecule has 9 heteroatoms. The predicted octanol–water partition coefficient (Wildman–Crippen LogP) is 2.86. The third kappa shape index (κ3) is 5.33. The van der Waals surface area contributed by atoms with Crippen LogP contribution in [0.2, 0.25) is 0 Å². The highest BCUT2D eigenvalue weighted by Crippen LogP contribution is 2.19. The van der Waals surface area contributed by atoms with E-state index >= 15 is 0 Å². The molecule has 0 aliphatic rings. The number of pyridine rings is 1. The number of carbonyl (C=O) groups is 2. The van der Waals surface area contributed by atoms with Gasteiger partial charge in [-0.05, 0) is 30.3 Å². The molecule has 1 amide bonds. The molecule has 0 radical (unpaired) electrons. The fraction of sp³-hybridized carbons (Fsp3) is 0.136. The van der Waals surface area contributed by atoms with E-state index in [1.807, 2.05) is 0 Å². The number of benzene rings is 2. The van der Waals surface area contributed by atoms with Gasteiger partial charge in [0, 0.05) is 41.9 Å². The lowest BCUT2D eigenvalue weighted by Gasteiger charge is -2.16. The first-order valence-corrected chi connectivity index (χ1v) is 9.11. The van der Waals surface area contributed by atoms with Crippen LogP contribution in [0.3, 0.4) is 0 Å². The van der Waals surface area contributed by atoms with Crippen LogP contribution in [0.15, 0.2) is 59.4 Å².